The monoisotopic (exact) mass is 463 g/mol. The quantitative estimate of drug-likeness (QED) is 0.600. The molecule has 1 aromatic rings. The molecule has 0 spiro atoms. The van der Waals surface area contributed by atoms with Crippen molar-refractivity contribution < 1.29 is 22.4 Å². The van der Waals surface area contributed by atoms with E-state index in [2.05, 4.69) is 10.0 Å². The molecule has 4 N–H and O–H groups in total. The summed E-state index contributed by atoms with van der Waals surface area (Å²) in [6, 6.07) is 3.90. The van der Waals surface area contributed by atoms with Gasteiger partial charge >= 0.3 is 0 Å². The molecule has 6 rings (SSSR count). The van der Waals surface area contributed by atoms with Gasteiger partial charge in [-0.05, 0) is 94.2 Å². The van der Waals surface area contributed by atoms with E-state index in [4.69, 9.17) is 5.73 Å². The van der Waals surface area contributed by atoms with Gasteiger partial charge in [0.2, 0.25) is 21.8 Å². The first-order valence-corrected chi connectivity index (χ1v) is 12.9. The first-order valence-electron chi connectivity index (χ1n) is 11.4. The van der Waals surface area contributed by atoms with E-state index in [1.165, 1.54) is 12.1 Å². The third-order valence-corrected chi connectivity index (χ3v) is 9.86. The van der Waals surface area contributed by atoms with E-state index in [9.17, 15) is 22.4 Å². The summed E-state index contributed by atoms with van der Waals surface area (Å²) in [5.74, 6) is -0.817. The van der Waals surface area contributed by atoms with Crippen LogP contribution in [0.25, 0.3) is 0 Å². The molecule has 1 aromatic carbocycles. The smallest absolute Gasteiger partial charge is 0.244 e. The minimum Gasteiger partial charge on any atom is -0.369 e. The molecule has 0 aromatic heterocycles. The van der Waals surface area contributed by atoms with Crippen LogP contribution in [0.3, 0.4) is 0 Å². The van der Waals surface area contributed by atoms with Gasteiger partial charge in [-0.25, -0.2) is 12.8 Å². The fourth-order valence-corrected chi connectivity index (χ4v) is 8.68. The number of rotatable bonds is 6. The summed E-state index contributed by atoms with van der Waals surface area (Å²) in [6.07, 6.45) is 6.13. The zero-order valence-corrected chi connectivity index (χ0v) is 19.1. The molecule has 5 fully saturated rings. The second-order valence-electron chi connectivity index (χ2n) is 10.8. The van der Waals surface area contributed by atoms with Crippen LogP contribution in [0.15, 0.2) is 23.1 Å². The molecular weight excluding hydrogens is 433 g/mol. The van der Waals surface area contributed by atoms with E-state index >= 15 is 0 Å². The van der Waals surface area contributed by atoms with Gasteiger partial charge in [0.1, 0.15) is 16.3 Å². The fraction of sp³-hybridized carbons (Fsp3) is 0.652. The highest BCUT2D eigenvalue weighted by Crippen LogP contribution is 2.61. The van der Waals surface area contributed by atoms with Gasteiger partial charge in [0.15, 0.2) is 0 Å². The third kappa shape index (κ3) is 3.36. The zero-order chi connectivity index (χ0) is 22.9. The molecule has 5 aliphatic carbocycles. The summed E-state index contributed by atoms with van der Waals surface area (Å²) in [5.41, 5.74) is 4.02. The topological polar surface area (TPSA) is 118 Å². The van der Waals surface area contributed by atoms with Gasteiger partial charge in [-0.3, -0.25) is 9.59 Å². The Hall–Kier alpha value is -2.00. The average Bonchev–Trinajstić information content (AvgIpc) is 2.65. The summed E-state index contributed by atoms with van der Waals surface area (Å²) in [4.78, 5) is 25.4. The fourth-order valence-electron chi connectivity index (χ4n) is 7.09. The highest BCUT2D eigenvalue weighted by molar-refractivity contribution is 7.89. The third-order valence-electron chi connectivity index (χ3n) is 8.31. The number of carbonyl (C=O) groups is 2. The van der Waals surface area contributed by atoms with Crippen molar-refractivity contribution in [3.63, 3.8) is 0 Å². The van der Waals surface area contributed by atoms with Crippen molar-refractivity contribution in [2.45, 2.75) is 80.7 Å². The Morgan fingerprint density at radius 3 is 2.34 bits per heavy atom. The largest absolute Gasteiger partial charge is 0.369 e. The number of aryl methyl sites for hydroxylation is 1. The standard InChI is InChI=1S/C23H30FN3O4S/c1-14-3-4-17(24)18(7-14)32(30,31)27-23(5-2-6-23)20(29)26-22-11-15-8-16(12-22)10-21(9-15,13-22)19(25)28/h3-4,7,15-16,27H,2,5-6,8-13H2,1H3,(H2,25,28)(H,26,29). The van der Waals surface area contributed by atoms with Crippen LogP contribution in [0.5, 0.6) is 0 Å². The summed E-state index contributed by atoms with van der Waals surface area (Å²) in [5, 5.41) is 3.18. The second kappa shape index (κ2) is 7.00. The van der Waals surface area contributed by atoms with Crippen LogP contribution in [0.1, 0.15) is 63.4 Å². The molecule has 4 bridgehead atoms. The van der Waals surface area contributed by atoms with Crippen LogP contribution in [-0.2, 0) is 19.6 Å². The van der Waals surface area contributed by atoms with E-state index < -0.39 is 37.2 Å². The van der Waals surface area contributed by atoms with Gasteiger partial charge in [-0.2, -0.15) is 4.72 Å². The van der Waals surface area contributed by atoms with Crippen molar-refractivity contribution in [2.24, 2.45) is 23.0 Å². The van der Waals surface area contributed by atoms with E-state index in [-0.39, 0.29) is 11.8 Å². The number of nitrogens with two attached hydrogens (primary N) is 1. The van der Waals surface area contributed by atoms with Gasteiger partial charge in [0.25, 0.3) is 0 Å². The van der Waals surface area contributed by atoms with Crippen molar-refractivity contribution >= 4 is 21.8 Å². The molecule has 5 aliphatic rings. The summed E-state index contributed by atoms with van der Waals surface area (Å²) in [6.45, 7) is 1.69. The normalized spacial score (nSPS) is 34.7. The molecule has 7 nitrogen and oxygen atoms in total. The minimum absolute atomic E-state index is 0.292. The molecule has 5 saturated carbocycles. The molecule has 0 saturated heterocycles. The maximum atomic E-state index is 14.3. The number of primary amides is 1. The van der Waals surface area contributed by atoms with Gasteiger partial charge in [0, 0.05) is 5.54 Å². The summed E-state index contributed by atoms with van der Waals surface area (Å²) in [7, 11) is -4.23. The lowest BCUT2D eigenvalue weighted by Crippen LogP contribution is -2.70. The van der Waals surface area contributed by atoms with Crippen LogP contribution in [0.2, 0.25) is 0 Å². The molecule has 32 heavy (non-hydrogen) atoms. The van der Waals surface area contributed by atoms with Gasteiger partial charge in [0.05, 0.1) is 5.41 Å². The second-order valence-corrected chi connectivity index (χ2v) is 12.5. The predicted molar refractivity (Wildman–Crippen MR) is 115 cm³/mol. The molecular formula is C23H30FN3O4S. The lowest BCUT2D eigenvalue weighted by atomic mass is 9.46. The molecule has 0 aliphatic heterocycles. The molecule has 174 valence electrons. The van der Waals surface area contributed by atoms with E-state index in [0.717, 1.165) is 38.2 Å². The van der Waals surface area contributed by atoms with Crippen LogP contribution < -0.4 is 15.8 Å². The maximum absolute atomic E-state index is 14.3. The number of benzene rings is 1. The Morgan fingerprint density at radius 2 is 1.78 bits per heavy atom. The number of halogens is 1. The Morgan fingerprint density at radius 1 is 1.12 bits per heavy atom. The van der Waals surface area contributed by atoms with E-state index in [1.54, 1.807) is 6.92 Å². The van der Waals surface area contributed by atoms with Crippen molar-refractivity contribution in [3.8, 4) is 0 Å². The van der Waals surface area contributed by atoms with Crippen molar-refractivity contribution in [3.05, 3.63) is 29.6 Å². The lowest BCUT2D eigenvalue weighted by molar-refractivity contribution is -0.152. The van der Waals surface area contributed by atoms with Crippen LogP contribution in [0.4, 0.5) is 4.39 Å². The summed E-state index contributed by atoms with van der Waals surface area (Å²) >= 11 is 0. The lowest BCUT2D eigenvalue weighted by Gasteiger charge is -2.61. The van der Waals surface area contributed by atoms with Crippen LogP contribution in [-0.4, -0.2) is 31.3 Å². The predicted octanol–water partition coefficient (Wildman–Crippen LogP) is 2.28. The van der Waals surface area contributed by atoms with Gasteiger partial charge in [-0.15, -0.1) is 0 Å². The average molecular weight is 464 g/mol. The molecule has 2 atom stereocenters. The molecule has 2 amide bonds. The molecule has 0 heterocycles. The minimum atomic E-state index is -4.23. The highest BCUT2D eigenvalue weighted by atomic mass is 32.2. The number of hydrogen-bond donors (Lipinski definition) is 3. The number of sulfonamides is 1. The number of hydrogen-bond acceptors (Lipinski definition) is 4. The summed E-state index contributed by atoms with van der Waals surface area (Å²) < 4.78 is 42.9. The Bertz CT molecular complexity index is 1080. The number of amides is 2. The van der Waals surface area contributed by atoms with Crippen molar-refractivity contribution in [1.29, 1.82) is 0 Å². The Labute approximate surface area is 187 Å². The zero-order valence-electron chi connectivity index (χ0n) is 18.2. The Kier molecular flexibility index (Phi) is 4.77. The first-order chi connectivity index (χ1) is 15.0. The van der Waals surface area contributed by atoms with E-state index in [0.29, 0.717) is 43.1 Å². The highest BCUT2D eigenvalue weighted by Gasteiger charge is 2.61. The maximum Gasteiger partial charge on any atom is 0.244 e. The van der Waals surface area contributed by atoms with Gasteiger partial charge in [-0.1, -0.05) is 6.07 Å². The SMILES string of the molecule is Cc1ccc(F)c(S(=O)(=O)NC2(C(=O)NC34CC5CC(C3)CC(C(N)=O)(C5)C4)CCC2)c1. The Balaban J connectivity index is 1.40. The van der Waals surface area contributed by atoms with Crippen LogP contribution in [0, 0.1) is 30.0 Å². The molecule has 2 unspecified atom stereocenters. The van der Waals surface area contributed by atoms with Crippen molar-refractivity contribution in [1.82, 2.24) is 10.0 Å². The molecule has 0 radical (unpaired) electrons. The number of nitrogens with one attached hydrogen (secondary N) is 2. The van der Waals surface area contributed by atoms with Gasteiger partial charge < -0.3 is 11.1 Å². The van der Waals surface area contributed by atoms with E-state index in [1.807, 2.05) is 0 Å². The van der Waals surface area contributed by atoms with Crippen molar-refractivity contribution in [2.75, 3.05) is 0 Å². The molecule has 9 heteroatoms. The van der Waals surface area contributed by atoms with Crippen LogP contribution >= 0.6 is 0 Å². The first kappa shape index (κ1) is 21.8. The number of carbonyl (C=O) groups excluding carboxylic acids is 2.